The zero-order valence-corrected chi connectivity index (χ0v) is 9.96. The van der Waals surface area contributed by atoms with Gasteiger partial charge in [-0.25, -0.2) is 0 Å². The molecule has 0 saturated heterocycles. The molecule has 4 heteroatoms. The first-order valence-electron chi connectivity index (χ1n) is 4.27. The number of hydrogen-bond acceptors (Lipinski definition) is 2. The van der Waals surface area contributed by atoms with E-state index in [1.165, 1.54) is 6.07 Å². The standard InChI is InChI=1S/C10H12BrNO2/c1-10(2,3)8-6-7(12(13)14)4-5-9(8)11/h4-6H,1-3H3. The van der Waals surface area contributed by atoms with Crippen molar-refractivity contribution in [3.63, 3.8) is 0 Å². The minimum atomic E-state index is -0.373. The van der Waals surface area contributed by atoms with Crippen LogP contribution in [0, 0.1) is 10.1 Å². The fourth-order valence-electron chi connectivity index (χ4n) is 1.20. The van der Waals surface area contributed by atoms with E-state index in [2.05, 4.69) is 15.9 Å². The first kappa shape index (κ1) is 11.2. The van der Waals surface area contributed by atoms with Crippen LogP contribution < -0.4 is 0 Å². The minimum absolute atomic E-state index is 0.0924. The molecule has 0 spiro atoms. The van der Waals surface area contributed by atoms with Crippen molar-refractivity contribution in [3.8, 4) is 0 Å². The van der Waals surface area contributed by atoms with Gasteiger partial charge in [0.05, 0.1) is 4.92 Å². The smallest absolute Gasteiger partial charge is 0.258 e. The van der Waals surface area contributed by atoms with E-state index in [4.69, 9.17) is 0 Å². The van der Waals surface area contributed by atoms with E-state index in [0.29, 0.717) is 0 Å². The summed E-state index contributed by atoms with van der Waals surface area (Å²) in [5, 5.41) is 10.6. The lowest BCUT2D eigenvalue weighted by Crippen LogP contribution is -2.12. The molecule has 3 nitrogen and oxygen atoms in total. The molecule has 0 fully saturated rings. The van der Waals surface area contributed by atoms with E-state index in [1.54, 1.807) is 12.1 Å². The van der Waals surface area contributed by atoms with Crippen LogP contribution in [-0.2, 0) is 5.41 Å². The summed E-state index contributed by atoms with van der Waals surface area (Å²) >= 11 is 3.39. The minimum Gasteiger partial charge on any atom is -0.258 e. The Morgan fingerprint density at radius 2 is 1.93 bits per heavy atom. The van der Waals surface area contributed by atoms with Gasteiger partial charge in [0, 0.05) is 16.6 Å². The lowest BCUT2D eigenvalue weighted by molar-refractivity contribution is -0.385. The molecule has 0 saturated carbocycles. The third-order valence-electron chi connectivity index (χ3n) is 1.97. The summed E-state index contributed by atoms with van der Waals surface area (Å²) in [5.41, 5.74) is 0.995. The maximum absolute atomic E-state index is 10.6. The zero-order chi connectivity index (χ0) is 10.9. The molecule has 0 bridgehead atoms. The molecule has 0 aliphatic carbocycles. The van der Waals surface area contributed by atoms with Crippen LogP contribution in [0.25, 0.3) is 0 Å². The van der Waals surface area contributed by atoms with Crippen LogP contribution in [0.5, 0.6) is 0 Å². The highest BCUT2D eigenvalue weighted by Crippen LogP contribution is 2.32. The Morgan fingerprint density at radius 3 is 2.36 bits per heavy atom. The summed E-state index contributed by atoms with van der Waals surface area (Å²) < 4.78 is 0.913. The molecule has 0 heterocycles. The van der Waals surface area contributed by atoms with E-state index >= 15 is 0 Å². The van der Waals surface area contributed by atoms with Crippen molar-refractivity contribution >= 4 is 21.6 Å². The van der Waals surface area contributed by atoms with Crippen LogP contribution in [-0.4, -0.2) is 4.92 Å². The Morgan fingerprint density at radius 1 is 1.36 bits per heavy atom. The maximum Gasteiger partial charge on any atom is 0.269 e. The number of nitro benzene ring substituents is 1. The number of nitrogens with zero attached hydrogens (tertiary/aromatic N) is 1. The Balaban J connectivity index is 3.29. The summed E-state index contributed by atoms with van der Waals surface area (Å²) in [5.74, 6) is 0. The van der Waals surface area contributed by atoms with Gasteiger partial charge in [-0.15, -0.1) is 0 Å². The highest BCUT2D eigenvalue weighted by atomic mass is 79.9. The molecule has 1 aromatic rings. The molecule has 76 valence electrons. The van der Waals surface area contributed by atoms with Crippen molar-refractivity contribution in [2.75, 3.05) is 0 Å². The number of halogens is 1. The molecule has 0 aromatic heterocycles. The molecule has 0 unspecified atom stereocenters. The van der Waals surface area contributed by atoms with E-state index in [0.717, 1.165) is 10.0 Å². The molecule has 0 aliphatic heterocycles. The molecule has 0 atom stereocenters. The Hall–Kier alpha value is -0.900. The molecule has 0 amide bonds. The predicted octanol–water partition coefficient (Wildman–Crippen LogP) is 3.65. The lowest BCUT2D eigenvalue weighted by Gasteiger charge is -2.20. The Labute approximate surface area is 91.4 Å². The molecule has 1 aromatic carbocycles. The van der Waals surface area contributed by atoms with Crippen molar-refractivity contribution in [2.24, 2.45) is 0 Å². The normalized spacial score (nSPS) is 11.4. The molecule has 0 N–H and O–H groups in total. The third-order valence-corrected chi connectivity index (χ3v) is 2.66. The highest BCUT2D eigenvalue weighted by molar-refractivity contribution is 9.10. The number of benzene rings is 1. The van der Waals surface area contributed by atoms with Crippen LogP contribution in [0.3, 0.4) is 0 Å². The van der Waals surface area contributed by atoms with Crippen LogP contribution in [0.2, 0.25) is 0 Å². The SMILES string of the molecule is CC(C)(C)c1cc([N+](=O)[O-])ccc1Br. The topological polar surface area (TPSA) is 43.1 Å². The number of rotatable bonds is 1. The van der Waals surface area contributed by atoms with Gasteiger partial charge in [-0.3, -0.25) is 10.1 Å². The molecular formula is C10H12BrNO2. The van der Waals surface area contributed by atoms with Crippen LogP contribution in [0.15, 0.2) is 22.7 Å². The van der Waals surface area contributed by atoms with Gasteiger partial charge in [0.15, 0.2) is 0 Å². The summed E-state index contributed by atoms with van der Waals surface area (Å²) in [6.45, 7) is 6.07. The predicted molar refractivity (Wildman–Crippen MR) is 59.5 cm³/mol. The van der Waals surface area contributed by atoms with Gasteiger partial charge in [0.1, 0.15) is 0 Å². The highest BCUT2D eigenvalue weighted by Gasteiger charge is 2.20. The summed E-state index contributed by atoms with van der Waals surface area (Å²) in [7, 11) is 0. The average molecular weight is 258 g/mol. The lowest BCUT2D eigenvalue weighted by atomic mass is 9.87. The van der Waals surface area contributed by atoms with Gasteiger partial charge in [0.25, 0.3) is 5.69 Å². The van der Waals surface area contributed by atoms with Crippen LogP contribution in [0.1, 0.15) is 26.3 Å². The fourth-order valence-corrected chi connectivity index (χ4v) is 2.04. The van der Waals surface area contributed by atoms with Gasteiger partial charge in [-0.2, -0.15) is 0 Å². The molecular weight excluding hydrogens is 246 g/mol. The second-order valence-corrected chi connectivity index (χ2v) is 5.03. The van der Waals surface area contributed by atoms with Crippen molar-refractivity contribution < 1.29 is 4.92 Å². The van der Waals surface area contributed by atoms with Gasteiger partial charge < -0.3 is 0 Å². The summed E-state index contributed by atoms with van der Waals surface area (Å²) in [6, 6.07) is 4.84. The first-order chi connectivity index (χ1) is 6.32. The molecule has 0 radical (unpaired) electrons. The second-order valence-electron chi connectivity index (χ2n) is 4.17. The average Bonchev–Trinajstić information content (AvgIpc) is 2.02. The summed E-state index contributed by atoms with van der Waals surface area (Å²) in [4.78, 5) is 10.2. The number of non-ortho nitro benzene ring substituents is 1. The van der Waals surface area contributed by atoms with Crippen LogP contribution >= 0.6 is 15.9 Å². The fraction of sp³-hybridized carbons (Fsp3) is 0.400. The van der Waals surface area contributed by atoms with Gasteiger partial charge in [-0.05, 0) is 17.0 Å². The van der Waals surface area contributed by atoms with Crippen molar-refractivity contribution in [1.29, 1.82) is 0 Å². The van der Waals surface area contributed by atoms with E-state index in [9.17, 15) is 10.1 Å². The van der Waals surface area contributed by atoms with Gasteiger partial charge in [0.2, 0.25) is 0 Å². The van der Waals surface area contributed by atoms with E-state index in [1.807, 2.05) is 20.8 Å². The summed E-state index contributed by atoms with van der Waals surface area (Å²) in [6.07, 6.45) is 0. The van der Waals surface area contributed by atoms with E-state index < -0.39 is 0 Å². The molecule has 14 heavy (non-hydrogen) atoms. The maximum atomic E-state index is 10.6. The van der Waals surface area contributed by atoms with Gasteiger partial charge >= 0.3 is 0 Å². The van der Waals surface area contributed by atoms with Gasteiger partial charge in [-0.1, -0.05) is 36.7 Å². The van der Waals surface area contributed by atoms with Crippen molar-refractivity contribution in [1.82, 2.24) is 0 Å². The zero-order valence-electron chi connectivity index (χ0n) is 8.37. The Bertz CT molecular complexity index is 369. The first-order valence-corrected chi connectivity index (χ1v) is 5.06. The second kappa shape index (κ2) is 3.69. The monoisotopic (exact) mass is 257 g/mol. The van der Waals surface area contributed by atoms with Crippen LogP contribution in [0.4, 0.5) is 5.69 Å². The third kappa shape index (κ3) is 2.32. The quantitative estimate of drug-likeness (QED) is 0.570. The van der Waals surface area contributed by atoms with Crippen molar-refractivity contribution in [2.45, 2.75) is 26.2 Å². The number of hydrogen-bond donors (Lipinski definition) is 0. The molecule has 0 aliphatic rings. The number of nitro groups is 1. The largest absolute Gasteiger partial charge is 0.269 e. The Kier molecular flexibility index (Phi) is 2.95. The molecule has 1 rings (SSSR count). The van der Waals surface area contributed by atoms with E-state index in [-0.39, 0.29) is 16.0 Å². The van der Waals surface area contributed by atoms with Crippen molar-refractivity contribution in [3.05, 3.63) is 38.3 Å².